The van der Waals surface area contributed by atoms with Crippen LogP contribution in [0.15, 0.2) is 42.9 Å². The van der Waals surface area contributed by atoms with Crippen LogP contribution in [0.4, 0.5) is 5.82 Å². The van der Waals surface area contributed by atoms with Gasteiger partial charge in [0.1, 0.15) is 5.82 Å². The zero-order valence-electron chi connectivity index (χ0n) is 10.3. The van der Waals surface area contributed by atoms with Gasteiger partial charge < -0.3 is 4.90 Å². The van der Waals surface area contributed by atoms with Crippen molar-refractivity contribution >= 4 is 11.5 Å². The van der Waals surface area contributed by atoms with Gasteiger partial charge in [-0.05, 0) is 24.3 Å². The van der Waals surface area contributed by atoms with Crippen molar-refractivity contribution in [3.63, 3.8) is 0 Å². The van der Waals surface area contributed by atoms with Crippen LogP contribution in [0.2, 0.25) is 0 Å². The topological polar surface area (TPSA) is 46.3 Å². The van der Waals surface area contributed by atoms with E-state index in [2.05, 4.69) is 15.1 Å². The molecular weight excluding hydrogens is 226 g/mol. The second-order valence-corrected chi connectivity index (χ2v) is 4.21. The quantitative estimate of drug-likeness (QED) is 0.684. The van der Waals surface area contributed by atoms with Crippen molar-refractivity contribution in [3.8, 4) is 11.3 Å². The van der Waals surface area contributed by atoms with Gasteiger partial charge in [-0.15, -0.1) is 0 Å². The molecule has 0 atom stereocenters. The Kier molecular flexibility index (Phi) is 2.44. The molecule has 18 heavy (non-hydrogen) atoms. The summed E-state index contributed by atoms with van der Waals surface area (Å²) in [5, 5.41) is 4.33. The Bertz CT molecular complexity index is 686. The van der Waals surface area contributed by atoms with E-state index in [-0.39, 0.29) is 0 Å². The second kappa shape index (κ2) is 4.10. The van der Waals surface area contributed by atoms with E-state index in [4.69, 9.17) is 0 Å². The maximum absolute atomic E-state index is 4.40. The number of aromatic nitrogens is 4. The van der Waals surface area contributed by atoms with E-state index in [0.29, 0.717) is 0 Å². The van der Waals surface area contributed by atoms with E-state index in [1.165, 1.54) is 0 Å². The summed E-state index contributed by atoms with van der Waals surface area (Å²) in [5.74, 6) is 0.907. The van der Waals surface area contributed by atoms with Gasteiger partial charge in [-0.25, -0.2) is 14.5 Å². The number of anilines is 1. The maximum atomic E-state index is 4.40. The highest BCUT2D eigenvalue weighted by atomic mass is 15.3. The molecule has 0 fully saturated rings. The van der Waals surface area contributed by atoms with E-state index < -0.39 is 0 Å². The van der Waals surface area contributed by atoms with Crippen LogP contribution in [-0.4, -0.2) is 33.7 Å². The Labute approximate surface area is 105 Å². The van der Waals surface area contributed by atoms with E-state index in [1.54, 1.807) is 12.4 Å². The van der Waals surface area contributed by atoms with E-state index in [1.807, 2.05) is 54.0 Å². The second-order valence-electron chi connectivity index (χ2n) is 4.21. The third-order valence-electron chi connectivity index (χ3n) is 2.76. The molecule has 0 saturated heterocycles. The molecule has 0 radical (unpaired) electrons. The molecule has 0 aliphatic rings. The summed E-state index contributed by atoms with van der Waals surface area (Å²) in [7, 11) is 3.95. The number of hydrogen-bond acceptors (Lipinski definition) is 4. The van der Waals surface area contributed by atoms with Crippen LogP contribution in [0.5, 0.6) is 0 Å². The minimum atomic E-state index is 0.834. The largest absolute Gasteiger partial charge is 0.362 e. The van der Waals surface area contributed by atoms with Crippen LogP contribution in [0, 0.1) is 0 Å². The third kappa shape index (κ3) is 1.60. The summed E-state index contributed by atoms with van der Waals surface area (Å²) in [5.41, 5.74) is 2.80. The molecule has 0 N–H and O–H groups in total. The summed E-state index contributed by atoms with van der Waals surface area (Å²) in [4.78, 5) is 10.7. The van der Waals surface area contributed by atoms with Gasteiger partial charge in [0, 0.05) is 32.1 Å². The van der Waals surface area contributed by atoms with Gasteiger partial charge in [0.25, 0.3) is 0 Å². The van der Waals surface area contributed by atoms with E-state index in [9.17, 15) is 0 Å². The molecule has 5 heteroatoms. The Hall–Kier alpha value is -2.43. The van der Waals surface area contributed by atoms with Crippen molar-refractivity contribution in [2.75, 3.05) is 19.0 Å². The molecule has 0 amide bonds. The summed E-state index contributed by atoms with van der Waals surface area (Å²) in [6.07, 6.45) is 5.37. The molecule has 0 spiro atoms. The lowest BCUT2D eigenvalue weighted by molar-refractivity contribution is 0.939. The standard InChI is InChI=1S/C13H13N5/c1-17(2)13-10(5-3-7-14-13)11-9-15-12-6-4-8-16-18(11)12/h3-9H,1-2H3. The lowest BCUT2D eigenvalue weighted by Gasteiger charge is -2.15. The molecule has 0 aliphatic carbocycles. The first-order chi connectivity index (χ1) is 8.77. The van der Waals surface area contributed by atoms with Crippen molar-refractivity contribution < 1.29 is 0 Å². The first-order valence-corrected chi connectivity index (χ1v) is 5.69. The first kappa shape index (κ1) is 10.7. The molecule has 0 saturated carbocycles. The minimum Gasteiger partial charge on any atom is -0.362 e. The van der Waals surface area contributed by atoms with Crippen molar-refractivity contribution in [2.45, 2.75) is 0 Å². The molecule has 3 aromatic rings. The Morgan fingerprint density at radius 3 is 2.72 bits per heavy atom. The van der Waals surface area contributed by atoms with E-state index >= 15 is 0 Å². The van der Waals surface area contributed by atoms with Gasteiger partial charge in [-0.3, -0.25) is 0 Å². The number of rotatable bonds is 2. The fourth-order valence-corrected chi connectivity index (χ4v) is 1.97. The van der Waals surface area contributed by atoms with E-state index in [0.717, 1.165) is 22.7 Å². The first-order valence-electron chi connectivity index (χ1n) is 5.69. The number of fused-ring (bicyclic) bond motifs is 1. The molecule has 0 aromatic carbocycles. The number of imidazole rings is 1. The van der Waals surface area contributed by atoms with Gasteiger partial charge in [0.2, 0.25) is 0 Å². The number of pyridine rings is 1. The third-order valence-corrected chi connectivity index (χ3v) is 2.76. The molecule has 5 nitrogen and oxygen atoms in total. The number of nitrogens with zero attached hydrogens (tertiary/aromatic N) is 5. The van der Waals surface area contributed by atoms with Crippen molar-refractivity contribution in [3.05, 3.63) is 42.9 Å². The smallest absolute Gasteiger partial charge is 0.154 e. The number of hydrogen-bond donors (Lipinski definition) is 0. The Morgan fingerprint density at radius 1 is 1.06 bits per heavy atom. The van der Waals surface area contributed by atoms with Gasteiger partial charge in [0.15, 0.2) is 5.65 Å². The predicted octanol–water partition coefficient (Wildman–Crippen LogP) is 1.86. The molecule has 3 rings (SSSR count). The maximum Gasteiger partial charge on any atom is 0.154 e. The fraction of sp³-hybridized carbons (Fsp3) is 0.154. The van der Waals surface area contributed by atoms with Crippen LogP contribution in [0.25, 0.3) is 16.9 Å². The monoisotopic (exact) mass is 239 g/mol. The van der Waals surface area contributed by atoms with Crippen molar-refractivity contribution in [1.29, 1.82) is 0 Å². The average molecular weight is 239 g/mol. The van der Waals surface area contributed by atoms with Gasteiger partial charge >= 0.3 is 0 Å². The van der Waals surface area contributed by atoms with Gasteiger partial charge in [-0.2, -0.15) is 5.10 Å². The van der Waals surface area contributed by atoms with Gasteiger partial charge in [0.05, 0.1) is 11.9 Å². The fourth-order valence-electron chi connectivity index (χ4n) is 1.97. The summed E-state index contributed by atoms with van der Waals surface area (Å²) in [6.45, 7) is 0. The highest BCUT2D eigenvalue weighted by Crippen LogP contribution is 2.27. The zero-order valence-corrected chi connectivity index (χ0v) is 10.3. The highest BCUT2D eigenvalue weighted by molar-refractivity contribution is 5.74. The SMILES string of the molecule is CN(C)c1ncccc1-c1cnc2cccnn12. The minimum absolute atomic E-state index is 0.834. The Balaban J connectivity index is 2.27. The zero-order chi connectivity index (χ0) is 12.5. The van der Waals surface area contributed by atoms with Crippen LogP contribution in [0.3, 0.4) is 0 Å². The molecule has 0 unspecified atom stereocenters. The van der Waals surface area contributed by atoms with Crippen molar-refractivity contribution in [2.24, 2.45) is 0 Å². The lowest BCUT2D eigenvalue weighted by atomic mass is 10.2. The average Bonchev–Trinajstić information content (AvgIpc) is 2.82. The molecular formula is C13H13N5. The summed E-state index contributed by atoms with van der Waals surface area (Å²) in [6, 6.07) is 7.76. The predicted molar refractivity (Wildman–Crippen MR) is 70.5 cm³/mol. The molecule has 0 bridgehead atoms. The van der Waals surface area contributed by atoms with Crippen LogP contribution in [0.1, 0.15) is 0 Å². The highest BCUT2D eigenvalue weighted by Gasteiger charge is 2.12. The van der Waals surface area contributed by atoms with Gasteiger partial charge in [-0.1, -0.05) is 0 Å². The molecule has 0 aliphatic heterocycles. The van der Waals surface area contributed by atoms with Crippen LogP contribution < -0.4 is 4.90 Å². The van der Waals surface area contributed by atoms with Crippen molar-refractivity contribution in [1.82, 2.24) is 19.6 Å². The van der Waals surface area contributed by atoms with Crippen LogP contribution >= 0.6 is 0 Å². The summed E-state index contributed by atoms with van der Waals surface area (Å²) >= 11 is 0. The Morgan fingerprint density at radius 2 is 1.89 bits per heavy atom. The normalized spacial score (nSPS) is 10.8. The molecule has 3 aromatic heterocycles. The molecule has 3 heterocycles. The summed E-state index contributed by atoms with van der Waals surface area (Å²) < 4.78 is 1.82. The van der Waals surface area contributed by atoms with Crippen LogP contribution in [-0.2, 0) is 0 Å². The molecule has 90 valence electrons. The lowest BCUT2D eigenvalue weighted by Crippen LogP contribution is -2.12.